The van der Waals surface area contributed by atoms with Crippen molar-refractivity contribution in [3.05, 3.63) is 64.5 Å². The fourth-order valence-electron chi connectivity index (χ4n) is 2.69. The van der Waals surface area contributed by atoms with E-state index in [1.807, 2.05) is 13.8 Å². The van der Waals surface area contributed by atoms with E-state index in [2.05, 4.69) is 43.2 Å². The van der Waals surface area contributed by atoms with Crippen LogP contribution in [0.15, 0.2) is 36.7 Å². The lowest BCUT2D eigenvalue weighted by Gasteiger charge is -2.22. The number of amides is 1. The second-order valence-electron chi connectivity index (χ2n) is 7.08. The molecule has 1 N–H and O–H groups in total. The van der Waals surface area contributed by atoms with Crippen LogP contribution >= 0.6 is 0 Å². The zero-order valence-corrected chi connectivity index (χ0v) is 14.9. The Kier molecular flexibility index (Phi) is 5.17. The summed E-state index contributed by atoms with van der Waals surface area (Å²) in [6, 6.07) is 7.36. The van der Waals surface area contributed by atoms with Gasteiger partial charge in [-0.25, -0.2) is 0 Å². The van der Waals surface area contributed by atoms with Crippen molar-refractivity contribution >= 4 is 11.7 Å². The molecule has 0 fully saturated rings. The first-order chi connectivity index (χ1) is 11.2. The molecule has 2 aromatic rings. The fourth-order valence-corrected chi connectivity index (χ4v) is 2.69. The third-order valence-corrected chi connectivity index (χ3v) is 4.03. The molecule has 0 bridgehead atoms. The summed E-state index contributed by atoms with van der Waals surface area (Å²) in [4.78, 5) is 28.5. The molecular formula is C20H24N2O2. The quantitative estimate of drug-likeness (QED) is 0.874. The maximum absolute atomic E-state index is 12.6. The Morgan fingerprint density at radius 1 is 1.04 bits per heavy atom. The van der Waals surface area contributed by atoms with Crippen LogP contribution in [0.3, 0.4) is 0 Å². The topological polar surface area (TPSA) is 59.1 Å². The van der Waals surface area contributed by atoms with E-state index in [9.17, 15) is 9.59 Å². The number of nitrogens with zero attached hydrogens (tertiary/aromatic N) is 1. The Morgan fingerprint density at radius 2 is 1.58 bits per heavy atom. The molecule has 1 amide bonds. The highest BCUT2D eigenvalue weighted by Gasteiger charge is 2.19. The van der Waals surface area contributed by atoms with Gasteiger partial charge >= 0.3 is 0 Å². The number of Topliss-reactive ketones (excluding diaryl/α,β-unsaturated/α-hetero) is 1. The molecule has 2 rings (SSSR count). The van der Waals surface area contributed by atoms with Crippen LogP contribution in [0.25, 0.3) is 0 Å². The summed E-state index contributed by atoms with van der Waals surface area (Å²) in [7, 11) is 0. The molecule has 0 unspecified atom stereocenters. The van der Waals surface area contributed by atoms with Gasteiger partial charge in [-0.1, -0.05) is 32.9 Å². The van der Waals surface area contributed by atoms with E-state index in [0.717, 1.165) is 11.1 Å². The van der Waals surface area contributed by atoms with E-state index in [1.165, 1.54) is 5.56 Å². The molecule has 0 aliphatic carbocycles. The molecule has 1 aromatic heterocycles. The van der Waals surface area contributed by atoms with Gasteiger partial charge in [0.05, 0.1) is 6.54 Å². The highest BCUT2D eigenvalue weighted by atomic mass is 16.2. The summed E-state index contributed by atoms with van der Waals surface area (Å²) in [5.41, 5.74) is 4.32. The molecule has 126 valence electrons. The van der Waals surface area contributed by atoms with E-state index in [4.69, 9.17) is 0 Å². The molecule has 0 radical (unpaired) electrons. The summed E-state index contributed by atoms with van der Waals surface area (Å²) in [6.07, 6.45) is 3.10. The molecule has 4 heteroatoms. The van der Waals surface area contributed by atoms with Gasteiger partial charge in [-0.3, -0.25) is 14.6 Å². The molecule has 0 aliphatic rings. The zero-order valence-electron chi connectivity index (χ0n) is 14.9. The summed E-state index contributed by atoms with van der Waals surface area (Å²) in [5.74, 6) is -0.347. The molecular weight excluding hydrogens is 300 g/mol. The van der Waals surface area contributed by atoms with Gasteiger partial charge in [-0.2, -0.15) is 0 Å². The Labute approximate surface area is 143 Å². The number of aryl methyl sites for hydroxylation is 2. The van der Waals surface area contributed by atoms with Crippen molar-refractivity contribution in [2.75, 3.05) is 6.54 Å². The number of hydrogen-bond donors (Lipinski definition) is 1. The minimum absolute atomic E-state index is 0.0162. The number of nitrogens with one attached hydrogen (secondary N) is 1. The molecule has 0 saturated carbocycles. The van der Waals surface area contributed by atoms with Crippen LogP contribution in [-0.2, 0) is 5.41 Å². The van der Waals surface area contributed by atoms with Crippen LogP contribution < -0.4 is 5.32 Å². The maximum Gasteiger partial charge on any atom is 0.251 e. The lowest BCUT2D eigenvalue weighted by atomic mass is 9.83. The van der Waals surface area contributed by atoms with Crippen molar-refractivity contribution in [2.45, 2.75) is 40.0 Å². The summed E-state index contributed by atoms with van der Waals surface area (Å²) >= 11 is 0. The number of hydrogen-bond acceptors (Lipinski definition) is 3. The first-order valence-corrected chi connectivity index (χ1v) is 8.03. The number of benzene rings is 1. The molecule has 24 heavy (non-hydrogen) atoms. The number of ketones is 1. The van der Waals surface area contributed by atoms with Crippen molar-refractivity contribution in [2.24, 2.45) is 0 Å². The van der Waals surface area contributed by atoms with E-state index in [1.54, 1.807) is 24.5 Å². The van der Waals surface area contributed by atoms with Crippen LogP contribution in [0, 0.1) is 13.8 Å². The third-order valence-electron chi connectivity index (χ3n) is 4.03. The molecule has 0 saturated heterocycles. The summed E-state index contributed by atoms with van der Waals surface area (Å²) < 4.78 is 0. The van der Waals surface area contributed by atoms with Gasteiger partial charge in [0.25, 0.3) is 5.91 Å². The molecule has 1 heterocycles. The van der Waals surface area contributed by atoms with Crippen LogP contribution in [0.2, 0.25) is 0 Å². The number of rotatable bonds is 4. The third kappa shape index (κ3) is 4.07. The van der Waals surface area contributed by atoms with E-state index in [-0.39, 0.29) is 23.7 Å². The lowest BCUT2D eigenvalue weighted by Crippen LogP contribution is -2.30. The monoisotopic (exact) mass is 324 g/mol. The van der Waals surface area contributed by atoms with Gasteiger partial charge in [-0.05, 0) is 48.1 Å². The van der Waals surface area contributed by atoms with Crippen molar-refractivity contribution in [3.63, 3.8) is 0 Å². The van der Waals surface area contributed by atoms with Crippen LogP contribution in [0.1, 0.15) is 58.2 Å². The number of carbonyl (C=O) groups excluding carboxylic acids is 2. The Morgan fingerprint density at radius 3 is 2.08 bits per heavy atom. The summed E-state index contributed by atoms with van der Waals surface area (Å²) in [5, 5.41) is 2.68. The van der Waals surface area contributed by atoms with E-state index < -0.39 is 0 Å². The molecule has 0 spiro atoms. The average molecular weight is 324 g/mol. The molecule has 0 aliphatic heterocycles. The minimum Gasteiger partial charge on any atom is -0.345 e. The van der Waals surface area contributed by atoms with E-state index in [0.29, 0.717) is 11.1 Å². The maximum atomic E-state index is 12.6. The second kappa shape index (κ2) is 6.95. The Bertz CT molecular complexity index is 736. The fraction of sp³-hybridized carbons (Fsp3) is 0.350. The van der Waals surface area contributed by atoms with Crippen molar-refractivity contribution in [1.29, 1.82) is 0 Å². The number of carbonyl (C=O) groups is 2. The van der Waals surface area contributed by atoms with Gasteiger partial charge in [0.2, 0.25) is 0 Å². The van der Waals surface area contributed by atoms with Crippen molar-refractivity contribution < 1.29 is 9.59 Å². The average Bonchev–Trinajstić information content (AvgIpc) is 2.51. The summed E-state index contributed by atoms with van der Waals surface area (Å²) in [6.45, 7) is 10.3. The Balaban J connectivity index is 2.14. The lowest BCUT2D eigenvalue weighted by molar-refractivity contribution is 0.0903. The van der Waals surface area contributed by atoms with Crippen molar-refractivity contribution in [3.8, 4) is 0 Å². The molecule has 4 nitrogen and oxygen atoms in total. The second-order valence-corrected chi connectivity index (χ2v) is 7.08. The first-order valence-electron chi connectivity index (χ1n) is 8.03. The zero-order chi connectivity index (χ0) is 17.9. The molecule has 0 atom stereocenters. The van der Waals surface area contributed by atoms with Crippen molar-refractivity contribution in [1.82, 2.24) is 10.3 Å². The predicted octanol–water partition coefficient (Wildman–Crippen LogP) is 3.61. The highest BCUT2D eigenvalue weighted by Crippen LogP contribution is 2.27. The standard InChI is InChI=1S/C20H24N2O2/c1-13-10-16(20(3,4)5)11-14(2)18(13)17(23)12-22-19(24)15-6-8-21-9-7-15/h6-11H,12H2,1-5H3,(H,22,24). The largest absolute Gasteiger partial charge is 0.345 e. The van der Waals surface area contributed by atoms with Gasteiger partial charge in [0.15, 0.2) is 5.78 Å². The SMILES string of the molecule is Cc1cc(C(C)(C)C)cc(C)c1C(=O)CNC(=O)c1ccncc1. The van der Waals surface area contributed by atoms with Gasteiger partial charge in [0, 0.05) is 23.5 Å². The van der Waals surface area contributed by atoms with Gasteiger partial charge < -0.3 is 5.32 Å². The number of aromatic nitrogens is 1. The first kappa shape index (κ1) is 17.9. The Hall–Kier alpha value is -2.49. The van der Waals surface area contributed by atoms with Gasteiger partial charge in [0.1, 0.15) is 0 Å². The van der Waals surface area contributed by atoms with Crippen LogP contribution in [-0.4, -0.2) is 23.2 Å². The predicted molar refractivity (Wildman–Crippen MR) is 95.5 cm³/mol. The minimum atomic E-state index is -0.271. The molecule has 1 aromatic carbocycles. The van der Waals surface area contributed by atoms with Crippen LogP contribution in [0.5, 0.6) is 0 Å². The number of pyridine rings is 1. The normalized spacial score (nSPS) is 11.2. The van der Waals surface area contributed by atoms with Crippen LogP contribution in [0.4, 0.5) is 0 Å². The van der Waals surface area contributed by atoms with Gasteiger partial charge in [-0.15, -0.1) is 0 Å². The van der Waals surface area contributed by atoms with E-state index >= 15 is 0 Å². The highest BCUT2D eigenvalue weighted by molar-refractivity contribution is 6.03. The smallest absolute Gasteiger partial charge is 0.251 e.